The van der Waals surface area contributed by atoms with E-state index in [1.165, 1.54) is 6.07 Å². The topological polar surface area (TPSA) is 92.2 Å². The second kappa shape index (κ2) is 9.93. The predicted octanol–water partition coefficient (Wildman–Crippen LogP) is 2.52. The summed E-state index contributed by atoms with van der Waals surface area (Å²) in [6.07, 6.45) is 0. The van der Waals surface area contributed by atoms with E-state index in [-0.39, 0.29) is 11.4 Å². The number of fused-ring (bicyclic) bond motifs is 1. The molecular formula is C25H28FN7O2. The molecular weight excluding hydrogens is 449 g/mol. The number of rotatable bonds is 7. The number of anilines is 1. The number of pyridine rings is 1. The van der Waals surface area contributed by atoms with Gasteiger partial charge in [-0.3, -0.25) is 9.69 Å². The number of piperazine rings is 1. The fourth-order valence-corrected chi connectivity index (χ4v) is 4.78. The molecule has 5 rings (SSSR count). The zero-order valence-electron chi connectivity index (χ0n) is 19.8. The van der Waals surface area contributed by atoms with Crippen LogP contribution in [0.25, 0.3) is 10.9 Å². The number of methoxy groups -OCH3 is 1. The van der Waals surface area contributed by atoms with Crippen LogP contribution >= 0.6 is 0 Å². The van der Waals surface area contributed by atoms with Gasteiger partial charge in [0.2, 0.25) is 0 Å². The molecule has 0 saturated carbocycles. The van der Waals surface area contributed by atoms with E-state index in [0.29, 0.717) is 56.4 Å². The molecule has 1 atom stereocenters. The number of benzene rings is 2. The predicted molar refractivity (Wildman–Crippen MR) is 131 cm³/mol. The summed E-state index contributed by atoms with van der Waals surface area (Å²) >= 11 is 0. The Morgan fingerprint density at radius 3 is 2.69 bits per heavy atom. The molecule has 1 fully saturated rings. The molecule has 0 amide bonds. The van der Waals surface area contributed by atoms with Gasteiger partial charge in [-0.1, -0.05) is 30.3 Å². The molecule has 0 bridgehead atoms. The van der Waals surface area contributed by atoms with E-state index >= 15 is 0 Å². The van der Waals surface area contributed by atoms with Gasteiger partial charge in [0.05, 0.1) is 24.4 Å². The Hall–Kier alpha value is -3.63. The van der Waals surface area contributed by atoms with E-state index in [1.807, 2.05) is 42.2 Å². The number of hydrogen-bond acceptors (Lipinski definition) is 7. The standard InChI is InChI=1S/C25H28FN7O2/c1-17-6-5-7-18-16-19(25(34)27-22(17)18)23(24-28-29-30-33(24)14-15-35-2)32-12-10-31(11-13-32)21-9-4-3-8-20(21)26/h3-9,16,23H,10-15H2,1-2H3,(H,27,34)/t23-/m1/s1. The SMILES string of the molecule is COCCn1nnnc1[C@@H](c1cc2cccc(C)c2[nH]c1=O)N1CCN(c2ccccc2F)CC1. The average Bonchev–Trinajstić information content (AvgIpc) is 3.33. The minimum atomic E-state index is -0.460. The van der Waals surface area contributed by atoms with Crippen molar-refractivity contribution in [3.63, 3.8) is 0 Å². The van der Waals surface area contributed by atoms with Gasteiger partial charge in [-0.15, -0.1) is 5.10 Å². The first kappa shape index (κ1) is 23.1. The van der Waals surface area contributed by atoms with Crippen molar-refractivity contribution >= 4 is 16.6 Å². The lowest BCUT2D eigenvalue weighted by Crippen LogP contribution is -2.49. The maximum atomic E-state index is 14.4. The summed E-state index contributed by atoms with van der Waals surface area (Å²) in [6.45, 7) is 5.34. The lowest BCUT2D eigenvalue weighted by atomic mass is 10.0. The van der Waals surface area contributed by atoms with Gasteiger partial charge in [0.1, 0.15) is 11.9 Å². The molecule has 0 aliphatic carbocycles. The Labute approximate surface area is 202 Å². The molecule has 9 nitrogen and oxygen atoms in total. The Morgan fingerprint density at radius 1 is 1.11 bits per heavy atom. The maximum absolute atomic E-state index is 14.4. The first-order valence-electron chi connectivity index (χ1n) is 11.7. The van der Waals surface area contributed by atoms with Crippen molar-refractivity contribution in [1.29, 1.82) is 0 Å². The smallest absolute Gasteiger partial charge is 0.253 e. The summed E-state index contributed by atoms with van der Waals surface area (Å²) in [7, 11) is 1.62. The van der Waals surface area contributed by atoms with Crippen LogP contribution in [-0.2, 0) is 11.3 Å². The van der Waals surface area contributed by atoms with Crippen molar-refractivity contribution in [3.8, 4) is 0 Å². The lowest BCUT2D eigenvalue weighted by Gasteiger charge is -2.39. The Balaban J connectivity index is 1.53. The highest BCUT2D eigenvalue weighted by Gasteiger charge is 2.33. The number of nitrogens with one attached hydrogen (secondary N) is 1. The first-order valence-corrected chi connectivity index (χ1v) is 11.7. The van der Waals surface area contributed by atoms with Gasteiger partial charge in [0.15, 0.2) is 5.82 Å². The number of H-pyrrole nitrogens is 1. The molecule has 1 saturated heterocycles. The van der Waals surface area contributed by atoms with Crippen LogP contribution in [0.2, 0.25) is 0 Å². The molecule has 10 heteroatoms. The van der Waals surface area contributed by atoms with Crippen molar-refractivity contribution in [1.82, 2.24) is 30.1 Å². The highest BCUT2D eigenvalue weighted by Crippen LogP contribution is 2.29. The number of nitrogens with zero attached hydrogens (tertiary/aromatic N) is 6. The van der Waals surface area contributed by atoms with E-state index in [0.717, 1.165) is 16.5 Å². The lowest BCUT2D eigenvalue weighted by molar-refractivity contribution is 0.171. The molecule has 1 aliphatic heterocycles. The molecule has 1 aliphatic rings. The van der Waals surface area contributed by atoms with Crippen LogP contribution in [0.5, 0.6) is 0 Å². The van der Waals surface area contributed by atoms with Crippen LogP contribution in [0.15, 0.2) is 53.3 Å². The Morgan fingerprint density at radius 2 is 1.91 bits per heavy atom. The van der Waals surface area contributed by atoms with Gasteiger partial charge in [-0.05, 0) is 46.5 Å². The van der Waals surface area contributed by atoms with Crippen molar-refractivity contribution in [3.05, 3.63) is 81.7 Å². The van der Waals surface area contributed by atoms with Gasteiger partial charge in [-0.2, -0.15) is 0 Å². The molecule has 3 heterocycles. The third kappa shape index (κ3) is 4.54. The van der Waals surface area contributed by atoms with Crippen molar-refractivity contribution in [2.45, 2.75) is 19.5 Å². The molecule has 2 aromatic carbocycles. The van der Waals surface area contributed by atoms with Gasteiger partial charge >= 0.3 is 0 Å². The van der Waals surface area contributed by atoms with Crippen LogP contribution < -0.4 is 10.5 Å². The molecule has 4 aromatic rings. The summed E-state index contributed by atoms with van der Waals surface area (Å²) in [5.74, 6) is 0.348. The molecule has 35 heavy (non-hydrogen) atoms. The zero-order chi connectivity index (χ0) is 24.4. The number of ether oxygens (including phenoxy) is 1. The maximum Gasteiger partial charge on any atom is 0.253 e. The first-order chi connectivity index (χ1) is 17.1. The number of hydrogen-bond donors (Lipinski definition) is 1. The van der Waals surface area contributed by atoms with Crippen molar-refractivity contribution in [2.75, 3.05) is 44.8 Å². The minimum absolute atomic E-state index is 0.172. The van der Waals surface area contributed by atoms with E-state index < -0.39 is 6.04 Å². The number of tetrazole rings is 1. The van der Waals surface area contributed by atoms with E-state index in [2.05, 4.69) is 25.4 Å². The van der Waals surface area contributed by atoms with Gasteiger partial charge in [0, 0.05) is 38.9 Å². The van der Waals surface area contributed by atoms with Crippen LogP contribution in [0.1, 0.15) is 23.0 Å². The quantitative estimate of drug-likeness (QED) is 0.437. The van der Waals surface area contributed by atoms with Crippen LogP contribution in [-0.4, -0.2) is 70.0 Å². The largest absolute Gasteiger partial charge is 0.383 e. The third-order valence-corrected chi connectivity index (χ3v) is 6.60. The molecule has 182 valence electrons. The molecule has 2 aromatic heterocycles. The second-order valence-corrected chi connectivity index (χ2v) is 8.72. The number of aromatic amines is 1. The van der Waals surface area contributed by atoms with E-state index in [1.54, 1.807) is 23.9 Å². The zero-order valence-corrected chi connectivity index (χ0v) is 19.8. The van der Waals surface area contributed by atoms with Crippen molar-refractivity contribution < 1.29 is 9.13 Å². The average molecular weight is 478 g/mol. The fourth-order valence-electron chi connectivity index (χ4n) is 4.78. The summed E-state index contributed by atoms with van der Waals surface area (Å²) in [6, 6.07) is 14.2. The fraction of sp³-hybridized carbons (Fsp3) is 0.360. The molecule has 0 radical (unpaired) electrons. The normalized spacial score (nSPS) is 15.6. The summed E-state index contributed by atoms with van der Waals surface area (Å²) in [4.78, 5) is 20.7. The Bertz CT molecular complexity index is 1380. The Kier molecular flexibility index (Phi) is 6.56. The summed E-state index contributed by atoms with van der Waals surface area (Å²) < 4.78 is 21.3. The highest BCUT2D eigenvalue weighted by molar-refractivity contribution is 5.82. The monoisotopic (exact) mass is 477 g/mol. The van der Waals surface area contributed by atoms with E-state index in [9.17, 15) is 9.18 Å². The molecule has 0 unspecified atom stereocenters. The minimum Gasteiger partial charge on any atom is -0.383 e. The number of aryl methyl sites for hydroxylation is 1. The van der Waals surface area contributed by atoms with Gasteiger partial charge in [0.25, 0.3) is 5.56 Å². The van der Waals surface area contributed by atoms with Crippen LogP contribution in [0.4, 0.5) is 10.1 Å². The van der Waals surface area contributed by atoms with Crippen molar-refractivity contribution in [2.24, 2.45) is 0 Å². The summed E-state index contributed by atoms with van der Waals surface area (Å²) in [5.41, 5.74) is 2.83. The van der Waals surface area contributed by atoms with Crippen LogP contribution in [0, 0.1) is 12.7 Å². The van der Waals surface area contributed by atoms with Gasteiger partial charge < -0.3 is 14.6 Å². The number of aromatic nitrogens is 5. The molecule has 0 spiro atoms. The number of para-hydroxylation sites is 2. The van der Waals surface area contributed by atoms with Gasteiger partial charge in [-0.25, -0.2) is 9.07 Å². The second-order valence-electron chi connectivity index (χ2n) is 8.72. The third-order valence-electron chi connectivity index (χ3n) is 6.60. The van der Waals surface area contributed by atoms with E-state index in [4.69, 9.17) is 4.74 Å². The van der Waals surface area contributed by atoms with Crippen LogP contribution in [0.3, 0.4) is 0 Å². The number of halogens is 1. The molecule has 1 N–H and O–H groups in total. The highest BCUT2D eigenvalue weighted by atomic mass is 19.1. The summed E-state index contributed by atoms with van der Waals surface area (Å²) in [5, 5.41) is 13.3.